The summed E-state index contributed by atoms with van der Waals surface area (Å²) < 4.78 is 63.6. The van der Waals surface area contributed by atoms with Gasteiger partial charge in [-0.25, -0.2) is 18.0 Å². The van der Waals surface area contributed by atoms with E-state index in [4.69, 9.17) is 0 Å². The minimum atomic E-state index is -6.21. The lowest BCUT2D eigenvalue weighted by atomic mass is 10.4. The van der Waals surface area contributed by atoms with E-state index in [1.54, 1.807) is 0 Å². The number of carbonyl (C=O) groups is 2. The number of halogens is 2. The van der Waals surface area contributed by atoms with Gasteiger partial charge in [0.15, 0.2) is 10.1 Å². The van der Waals surface area contributed by atoms with Crippen LogP contribution < -0.4 is 0 Å². The zero-order valence-corrected chi connectivity index (χ0v) is 10.1. The van der Waals surface area contributed by atoms with Crippen molar-refractivity contribution in [2.24, 2.45) is 0 Å². The van der Waals surface area contributed by atoms with Crippen LogP contribution in [0.25, 0.3) is 0 Å². The van der Waals surface area contributed by atoms with Crippen molar-refractivity contribution in [3.63, 3.8) is 0 Å². The van der Waals surface area contributed by atoms with E-state index in [9.17, 15) is 31.3 Å². The molecule has 0 radical (unpaired) electrons. The number of carbonyl (C=O) groups excluding carboxylic acids is 2. The molecule has 0 saturated heterocycles. The highest BCUT2D eigenvalue weighted by Gasteiger charge is 2.49. The zero-order valence-electron chi connectivity index (χ0n) is 9.31. The van der Waals surface area contributed by atoms with Crippen LogP contribution in [0.15, 0.2) is 12.2 Å². The van der Waals surface area contributed by atoms with E-state index in [0.29, 0.717) is 0 Å². The maximum Gasteiger partial charge on any atom is 0.429 e. The van der Waals surface area contributed by atoms with Crippen LogP contribution in [0.2, 0.25) is 0 Å². The second kappa shape index (κ2) is 5.40. The van der Waals surface area contributed by atoms with Crippen molar-refractivity contribution in [3.8, 4) is 0 Å². The summed E-state index contributed by atoms with van der Waals surface area (Å²) >= 11 is 0. The Morgan fingerprint density at radius 2 is 1.78 bits per heavy atom. The number of rotatable bonds is 5. The van der Waals surface area contributed by atoms with Gasteiger partial charge in [-0.15, -0.1) is 0 Å². The fourth-order valence-electron chi connectivity index (χ4n) is 0.597. The lowest BCUT2D eigenvalue weighted by Gasteiger charge is -2.20. The number of alkyl halides is 2. The SMILES string of the molecule is C=C(C)C(=O)OC(C)OC(=O)C(F)(F)S(=O)(=O)[O-]. The first-order chi connectivity index (χ1) is 7.89. The van der Waals surface area contributed by atoms with Gasteiger partial charge < -0.3 is 14.0 Å². The molecule has 0 fully saturated rings. The minimum Gasteiger partial charge on any atom is -0.743 e. The molecule has 1 unspecified atom stereocenters. The second-order valence-electron chi connectivity index (χ2n) is 3.13. The van der Waals surface area contributed by atoms with Gasteiger partial charge in [-0.3, -0.25) is 0 Å². The van der Waals surface area contributed by atoms with Gasteiger partial charge in [0.25, 0.3) is 0 Å². The Morgan fingerprint density at radius 1 is 1.33 bits per heavy atom. The third-order valence-electron chi connectivity index (χ3n) is 1.45. The molecule has 0 spiro atoms. The first-order valence-electron chi connectivity index (χ1n) is 4.30. The summed E-state index contributed by atoms with van der Waals surface area (Å²) in [6.45, 7) is 5.29. The monoisotopic (exact) mass is 287 g/mol. The summed E-state index contributed by atoms with van der Waals surface area (Å²) in [7, 11) is -6.21. The molecule has 104 valence electrons. The molecule has 0 bridgehead atoms. The average Bonchev–Trinajstić information content (AvgIpc) is 2.14. The Bertz CT molecular complexity index is 468. The fourth-order valence-corrected chi connectivity index (χ4v) is 0.849. The smallest absolute Gasteiger partial charge is 0.429 e. The Morgan fingerprint density at radius 3 is 2.11 bits per heavy atom. The molecule has 0 heterocycles. The predicted molar refractivity (Wildman–Crippen MR) is 51.1 cm³/mol. The molecule has 0 amide bonds. The molecule has 0 aromatic heterocycles. The van der Waals surface area contributed by atoms with Gasteiger partial charge >= 0.3 is 17.2 Å². The summed E-state index contributed by atoms with van der Waals surface area (Å²) in [5.41, 5.74) is -0.0962. The van der Waals surface area contributed by atoms with Crippen molar-refractivity contribution in [1.82, 2.24) is 0 Å². The quantitative estimate of drug-likeness (QED) is 0.306. The first kappa shape index (κ1) is 16.4. The molecule has 0 aromatic carbocycles. The lowest BCUT2D eigenvalue weighted by Crippen LogP contribution is -2.41. The normalized spacial score (nSPS) is 13.6. The Kier molecular flexibility index (Phi) is 4.93. The van der Waals surface area contributed by atoms with Gasteiger partial charge in [0.1, 0.15) is 0 Å². The van der Waals surface area contributed by atoms with E-state index < -0.39 is 33.6 Å². The highest BCUT2D eigenvalue weighted by Crippen LogP contribution is 2.22. The van der Waals surface area contributed by atoms with E-state index in [1.807, 2.05) is 0 Å². The number of esters is 2. The summed E-state index contributed by atoms with van der Waals surface area (Å²) in [4.78, 5) is 21.6. The van der Waals surface area contributed by atoms with Crippen molar-refractivity contribution >= 4 is 22.1 Å². The third kappa shape index (κ3) is 4.04. The Labute approximate surface area is 101 Å². The molecule has 1 atom stereocenters. The van der Waals surface area contributed by atoms with Crippen LogP contribution in [0.5, 0.6) is 0 Å². The van der Waals surface area contributed by atoms with Crippen molar-refractivity contribution in [2.45, 2.75) is 25.4 Å². The van der Waals surface area contributed by atoms with Crippen molar-refractivity contribution < 1.29 is 40.8 Å². The number of hydrogen-bond acceptors (Lipinski definition) is 7. The average molecular weight is 287 g/mol. The summed E-state index contributed by atoms with van der Waals surface area (Å²) in [6, 6.07) is 0. The second-order valence-corrected chi connectivity index (χ2v) is 4.55. The highest BCUT2D eigenvalue weighted by molar-refractivity contribution is 7.87. The van der Waals surface area contributed by atoms with Gasteiger partial charge in [0.05, 0.1) is 0 Å². The molecule has 0 rings (SSSR count). The number of ether oxygens (including phenoxy) is 2. The van der Waals surface area contributed by atoms with Gasteiger partial charge in [0, 0.05) is 12.5 Å². The molecule has 7 nitrogen and oxygen atoms in total. The molecule has 0 aromatic rings. The van der Waals surface area contributed by atoms with Crippen LogP contribution in [0.3, 0.4) is 0 Å². The molecule has 10 heteroatoms. The third-order valence-corrected chi connectivity index (χ3v) is 2.24. The van der Waals surface area contributed by atoms with Crippen molar-refractivity contribution in [2.75, 3.05) is 0 Å². The summed E-state index contributed by atoms with van der Waals surface area (Å²) in [6.07, 6.45) is -1.80. The van der Waals surface area contributed by atoms with Gasteiger partial charge in [-0.05, 0) is 6.92 Å². The van der Waals surface area contributed by atoms with Gasteiger partial charge in [-0.1, -0.05) is 6.58 Å². The minimum absolute atomic E-state index is 0.0962. The molecular weight excluding hydrogens is 278 g/mol. The molecular formula is C8H9F2O7S-. The molecule has 0 N–H and O–H groups in total. The number of hydrogen-bond donors (Lipinski definition) is 0. The van der Waals surface area contributed by atoms with E-state index in [1.165, 1.54) is 6.92 Å². The summed E-state index contributed by atoms with van der Waals surface area (Å²) in [5.74, 6) is -3.66. The maximum absolute atomic E-state index is 12.6. The molecule has 0 aliphatic carbocycles. The van der Waals surface area contributed by atoms with Crippen molar-refractivity contribution in [1.29, 1.82) is 0 Å². The van der Waals surface area contributed by atoms with Crippen LogP contribution in [-0.2, 0) is 29.2 Å². The van der Waals surface area contributed by atoms with E-state index in [2.05, 4.69) is 16.1 Å². The Hall–Kier alpha value is -1.55. The van der Waals surface area contributed by atoms with E-state index in [0.717, 1.165) is 6.92 Å². The molecule has 18 heavy (non-hydrogen) atoms. The van der Waals surface area contributed by atoms with Crippen LogP contribution in [0.4, 0.5) is 8.78 Å². The van der Waals surface area contributed by atoms with Crippen LogP contribution in [0.1, 0.15) is 13.8 Å². The van der Waals surface area contributed by atoms with Crippen LogP contribution >= 0.6 is 0 Å². The molecule has 0 aliphatic rings. The van der Waals surface area contributed by atoms with Gasteiger partial charge in [-0.2, -0.15) is 8.78 Å². The Balaban J connectivity index is 4.69. The first-order valence-corrected chi connectivity index (χ1v) is 5.71. The van der Waals surface area contributed by atoms with Crippen LogP contribution in [-0.4, -0.2) is 36.5 Å². The largest absolute Gasteiger partial charge is 0.743 e. The molecule has 0 aliphatic heterocycles. The van der Waals surface area contributed by atoms with E-state index >= 15 is 0 Å². The van der Waals surface area contributed by atoms with Crippen LogP contribution in [0, 0.1) is 0 Å². The maximum atomic E-state index is 12.6. The predicted octanol–water partition coefficient (Wildman–Crippen LogP) is 0.133. The van der Waals surface area contributed by atoms with Crippen molar-refractivity contribution in [3.05, 3.63) is 12.2 Å². The fraction of sp³-hybridized carbons (Fsp3) is 0.500. The van der Waals surface area contributed by atoms with E-state index in [-0.39, 0.29) is 5.57 Å². The topological polar surface area (TPSA) is 110 Å². The molecule has 0 saturated carbocycles. The highest BCUT2D eigenvalue weighted by atomic mass is 32.2. The standard InChI is InChI=1S/C8H10F2O7S/c1-4(2)6(11)16-5(3)17-7(12)8(9,10)18(13,14)15/h5H,1H2,2-3H3,(H,13,14,15)/p-1. The zero-order chi connectivity index (χ0) is 14.7. The lowest BCUT2D eigenvalue weighted by molar-refractivity contribution is -0.193. The van der Waals surface area contributed by atoms with Gasteiger partial charge in [0.2, 0.25) is 6.29 Å². The summed E-state index contributed by atoms with van der Waals surface area (Å²) in [5, 5.41) is -5.25.